The van der Waals surface area contributed by atoms with Gasteiger partial charge in [-0.1, -0.05) is 6.07 Å². The van der Waals surface area contributed by atoms with Crippen LogP contribution in [-0.4, -0.2) is 72.4 Å². The molecule has 0 aliphatic rings. The Labute approximate surface area is 331 Å². The molecule has 22 nitrogen and oxygen atoms in total. The van der Waals surface area contributed by atoms with Gasteiger partial charge in [0.1, 0.15) is 23.3 Å². The molecule has 0 atom stereocenters. The molecule has 304 valence electrons. The van der Waals surface area contributed by atoms with Crippen LogP contribution in [0.3, 0.4) is 0 Å². The Morgan fingerprint density at radius 3 is 1.06 bits per heavy atom. The van der Waals surface area contributed by atoms with E-state index in [0.717, 1.165) is 48.9 Å². The predicted molar refractivity (Wildman–Crippen MR) is 150 cm³/mol. The number of hydrogen-bond donors (Lipinski definition) is 1. The van der Waals surface area contributed by atoms with Gasteiger partial charge >= 0.3 is 34.1 Å². The van der Waals surface area contributed by atoms with Crippen LogP contribution in [0.1, 0.15) is 34.7 Å². The van der Waals surface area contributed by atoms with Crippen LogP contribution in [0.5, 0.6) is 0 Å². The summed E-state index contributed by atoms with van der Waals surface area (Å²) in [4.78, 5) is 22.6. The van der Waals surface area contributed by atoms with Gasteiger partial charge in [-0.2, -0.15) is 7.11 Å². The summed E-state index contributed by atoms with van der Waals surface area (Å²) in [7, 11) is -0.0854. The number of aliphatic hydroxyl groups excluding tert-OH is 1. The fourth-order valence-corrected chi connectivity index (χ4v) is 4.32. The fraction of sp³-hybridized carbons (Fsp3) is 0.444. The number of halogens is 2. The van der Waals surface area contributed by atoms with Gasteiger partial charge in [0.2, 0.25) is 0 Å². The molecular formula is C27H40Cl2Cu2N12O10. The van der Waals surface area contributed by atoms with Crippen molar-refractivity contribution in [3.8, 4) is 0 Å². The molecule has 0 unspecified atom stereocenters. The molecule has 1 N–H and O–H groups in total. The largest absolute Gasteiger partial charge is 2.00 e. The molecule has 0 amide bonds. The Morgan fingerprint density at radius 2 is 0.811 bits per heavy atom. The van der Waals surface area contributed by atoms with Gasteiger partial charge in [0.05, 0.1) is 26.2 Å². The van der Waals surface area contributed by atoms with Crippen LogP contribution in [0.4, 0.5) is 0 Å². The molecule has 0 spiro atoms. The summed E-state index contributed by atoms with van der Waals surface area (Å²) in [6.45, 7) is 4.02. The van der Waals surface area contributed by atoms with E-state index in [1.54, 1.807) is 0 Å². The number of imidazole rings is 4. The van der Waals surface area contributed by atoms with Crippen molar-refractivity contribution in [3.05, 3.63) is 90.3 Å². The van der Waals surface area contributed by atoms with Crippen molar-refractivity contribution in [1.82, 2.24) is 58.2 Å². The summed E-state index contributed by atoms with van der Waals surface area (Å²) in [6.07, 6.45) is 15.2. The molecule has 0 aliphatic carbocycles. The normalized spacial score (nSPS) is 10.8. The number of rotatable bonds is 12. The molecule has 53 heavy (non-hydrogen) atoms. The van der Waals surface area contributed by atoms with Crippen LogP contribution in [0.2, 0.25) is 0 Å². The van der Waals surface area contributed by atoms with Crippen LogP contribution in [-0.2, 0) is 102 Å². The number of aromatic nitrogens is 10. The molecule has 0 aliphatic heterocycles. The minimum atomic E-state index is -4.94. The molecule has 26 heteroatoms. The molecule has 5 heterocycles. The SMILES string of the molecule is CO.C[O-].Cn1ccnc1CN(Cc1cc(CN(Cc2nccn2C)Cc2nccn2C)[n-]n1)Cc1nccn1C.[Cu+2].[Cu+2].[O-][Cl+3]([O-])([O-])[O-].[O-][Cl+3]([O-])([O-])[O-]. The number of hydrogen-bond acceptors (Lipinski definition) is 17. The van der Waals surface area contributed by atoms with Crippen molar-refractivity contribution in [2.24, 2.45) is 28.2 Å². The van der Waals surface area contributed by atoms with E-state index in [0.29, 0.717) is 39.3 Å². The molecule has 5 rings (SSSR count). The van der Waals surface area contributed by atoms with Crippen molar-refractivity contribution < 1.29 is 102 Å². The first-order valence-electron chi connectivity index (χ1n) is 14.3. The molecule has 0 aromatic carbocycles. The summed E-state index contributed by atoms with van der Waals surface area (Å²) in [5, 5.41) is 24.3. The molecule has 0 fully saturated rings. The first-order chi connectivity index (χ1) is 23.9. The topological polar surface area (TPSA) is 333 Å². The van der Waals surface area contributed by atoms with E-state index in [1.807, 2.05) is 96.0 Å². The standard InChI is InChI=1S/C25H33N12.CH4O.CH3O.2ClHO4.2Cu/c1-32-9-5-26-22(32)16-36(17-23-27-6-10-33(23)2)14-20-13-21(31-30-20)15-37(18-24-28-7-11-34(24)3)19-25-29-8-12-35(25)4;2*1-2;2*2-1(3,4)5;;/h5-13H,14-19H2,1-4H3;2H,1H3;1H3;2*(H,2,3,4,5);;/q-1;;-1;;;2*+2/p-2. The second-order valence-electron chi connectivity index (χ2n) is 10.2. The first kappa shape index (κ1) is 52.3. The second-order valence-corrected chi connectivity index (χ2v) is 11.7. The summed E-state index contributed by atoms with van der Waals surface area (Å²) in [5.41, 5.74) is 1.85. The van der Waals surface area contributed by atoms with Gasteiger partial charge in [0, 0.05) is 104 Å². The van der Waals surface area contributed by atoms with Crippen molar-refractivity contribution in [1.29, 1.82) is 0 Å². The molecule has 5 aromatic rings. The molecule has 0 saturated carbocycles. The first-order valence-corrected chi connectivity index (χ1v) is 16.8. The quantitative estimate of drug-likeness (QED) is 0.114. The van der Waals surface area contributed by atoms with Crippen molar-refractivity contribution in [2.45, 2.75) is 39.3 Å². The van der Waals surface area contributed by atoms with Gasteiger partial charge in [0.25, 0.3) is 0 Å². The predicted octanol–water partition coefficient (Wildman–Crippen LogP) is -9.55. The molecule has 0 saturated heterocycles. The zero-order chi connectivity index (χ0) is 38.8. The van der Waals surface area contributed by atoms with Crippen molar-refractivity contribution in [2.75, 3.05) is 14.2 Å². The molecular weight excluding hydrogens is 850 g/mol. The van der Waals surface area contributed by atoms with Crippen LogP contribution in [0, 0.1) is 20.5 Å². The van der Waals surface area contributed by atoms with E-state index in [4.69, 9.17) is 47.5 Å². The Kier molecular flexibility index (Phi) is 25.7. The summed E-state index contributed by atoms with van der Waals surface area (Å²) in [6, 6.07) is 2.09. The van der Waals surface area contributed by atoms with E-state index < -0.39 is 20.5 Å². The summed E-state index contributed by atoms with van der Waals surface area (Å²) < 4.78 is 76.1. The van der Waals surface area contributed by atoms with Crippen LogP contribution in [0.25, 0.3) is 0 Å². The van der Waals surface area contributed by atoms with Gasteiger partial charge < -0.3 is 38.7 Å². The minimum absolute atomic E-state index is 0. The van der Waals surface area contributed by atoms with Gasteiger partial charge in [0.15, 0.2) is 0 Å². The fourth-order valence-electron chi connectivity index (χ4n) is 4.32. The van der Waals surface area contributed by atoms with Crippen LogP contribution >= 0.6 is 0 Å². The maximum atomic E-state index is 8.49. The molecule has 2 radical (unpaired) electrons. The average molecular weight is 891 g/mol. The zero-order valence-corrected chi connectivity index (χ0v) is 32.7. The van der Waals surface area contributed by atoms with E-state index in [-0.39, 0.29) is 34.1 Å². The van der Waals surface area contributed by atoms with Gasteiger partial charge in [-0.3, -0.25) is 9.80 Å². The van der Waals surface area contributed by atoms with Crippen molar-refractivity contribution in [3.63, 3.8) is 0 Å². The average Bonchev–Trinajstić information content (AvgIpc) is 3.88. The molecule has 0 bridgehead atoms. The Bertz CT molecular complexity index is 1440. The Hall–Kier alpha value is -2.81. The Morgan fingerprint density at radius 1 is 0.547 bits per heavy atom. The molecule has 5 aromatic heterocycles. The van der Waals surface area contributed by atoms with Crippen LogP contribution in [0.15, 0.2) is 55.6 Å². The van der Waals surface area contributed by atoms with Crippen LogP contribution < -0.4 is 47.5 Å². The van der Waals surface area contributed by atoms with E-state index in [9.17, 15) is 0 Å². The maximum Gasteiger partial charge on any atom is 2.00 e. The zero-order valence-electron chi connectivity index (χ0n) is 29.3. The smallest absolute Gasteiger partial charge is 0.857 e. The van der Waals surface area contributed by atoms with E-state index in [2.05, 4.69) is 46.0 Å². The van der Waals surface area contributed by atoms with Gasteiger partial charge in [-0.15, -0.1) is 26.2 Å². The third-order valence-electron chi connectivity index (χ3n) is 6.56. The van der Waals surface area contributed by atoms with E-state index in [1.165, 1.54) is 0 Å². The van der Waals surface area contributed by atoms with Gasteiger partial charge in [-0.25, -0.2) is 57.2 Å². The summed E-state index contributed by atoms with van der Waals surface area (Å²) in [5.74, 6) is 3.96. The number of aryl methyl sites for hydroxylation is 4. The van der Waals surface area contributed by atoms with E-state index >= 15 is 0 Å². The monoisotopic (exact) mass is 888 g/mol. The third kappa shape index (κ3) is 22.2. The second kappa shape index (κ2) is 26.1. The number of nitrogens with zero attached hydrogens (tertiary/aromatic N) is 12. The summed E-state index contributed by atoms with van der Waals surface area (Å²) >= 11 is 0. The van der Waals surface area contributed by atoms with Gasteiger partial charge in [-0.05, 0) is 0 Å². The number of aliphatic hydroxyl groups is 1. The van der Waals surface area contributed by atoms with Crippen molar-refractivity contribution >= 4 is 0 Å². The maximum absolute atomic E-state index is 8.49. The Balaban J connectivity index is 0. The third-order valence-corrected chi connectivity index (χ3v) is 6.56. The minimum Gasteiger partial charge on any atom is -0.857 e.